The highest BCUT2D eigenvalue weighted by molar-refractivity contribution is 7.92. The second-order valence-corrected chi connectivity index (χ2v) is 8.19. The van der Waals surface area contributed by atoms with Gasteiger partial charge in [-0.25, -0.2) is 8.42 Å². The van der Waals surface area contributed by atoms with E-state index in [1.54, 1.807) is 41.4 Å². The van der Waals surface area contributed by atoms with Crippen LogP contribution in [0.25, 0.3) is 10.9 Å². The van der Waals surface area contributed by atoms with Gasteiger partial charge >= 0.3 is 0 Å². The Bertz CT molecular complexity index is 1080. The van der Waals surface area contributed by atoms with Gasteiger partial charge in [-0.3, -0.25) is 14.5 Å². The van der Waals surface area contributed by atoms with Gasteiger partial charge < -0.3 is 4.90 Å². The number of rotatable bonds is 4. The molecule has 1 aromatic heterocycles. The molecule has 0 unspecified atom stereocenters. The quantitative estimate of drug-likeness (QED) is 0.752. The van der Waals surface area contributed by atoms with Crippen molar-refractivity contribution in [1.82, 2.24) is 9.88 Å². The summed E-state index contributed by atoms with van der Waals surface area (Å²) in [5.41, 5.74) is 1.51. The fourth-order valence-electron chi connectivity index (χ4n) is 3.27. The number of likely N-dealkylation sites (tertiary alicyclic amines) is 1. The number of amides is 1. The van der Waals surface area contributed by atoms with Gasteiger partial charge in [0, 0.05) is 30.2 Å². The minimum absolute atomic E-state index is 0.0531. The van der Waals surface area contributed by atoms with Gasteiger partial charge in [-0.15, -0.1) is 0 Å². The van der Waals surface area contributed by atoms with E-state index < -0.39 is 10.0 Å². The van der Waals surface area contributed by atoms with Crippen LogP contribution in [0, 0.1) is 0 Å². The molecule has 27 heavy (non-hydrogen) atoms. The van der Waals surface area contributed by atoms with Crippen LogP contribution in [-0.2, 0) is 10.0 Å². The van der Waals surface area contributed by atoms with Crippen molar-refractivity contribution in [3.05, 3.63) is 66.4 Å². The minimum Gasteiger partial charge on any atom is -0.339 e. The van der Waals surface area contributed by atoms with E-state index in [0.29, 0.717) is 16.8 Å². The standard InChI is InChI=1S/C20H19N3O3S/c24-20(23-13-1-2-14-23)16-8-10-17(11-9-16)27(25,26)22-18-7-3-5-15-6-4-12-21-19(15)18/h3-12,22H,1-2,13-14H2. The zero-order valence-electron chi connectivity index (χ0n) is 14.6. The monoisotopic (exact) mass is 381 g/mol. The van der Waals surface area contributed by atoms with Gasteiger partial charge in [0.05, 0.1) is 16.1 Å². The highest BCUT2D eigenvalue weighted by Crippen LogP contribution is 2.24. The van der Waals surface area contributed by atoms with E-state index in [4.69, 9.17) is 0 Å². The summed E-state index contributed by atoms with van der Waals surface area (Å²) in [6, 6.07) is 15.1. The number of carbonyl (C=O) groups excluding carboxylic acids is 1. The molecule has 1 aliphatic heterocycles. The van der Waals surface area contributed by atoms with Crippen LogP contribution < -0.4 is 4.72 Å². The molecule has 1 saturated heterocycles. The number of hydrogen-bond acceptors (Lipinski definition) is 4. The normalized spacial score (nSPS) is 14.4. The van der Waals surface area contributed by atoms with Crippen molar-refractivity contribution in [2.45, 2.75) is 17.7 Å². The molecule has 1 fully saturated rings. The van der Waals surface area contributed by atoms with E-state index in [9.17, 15) is 13.2 Å². The number of sulfonamides is 1. The van der Waals surface area contributed by atoms with Crippen LogP contribution in [0.3, 0.4) is 0 Å². The van der Waals surface area contributed by atoms with Gasteiger partial charge in [-0.1, -0.05) is 18.2 Å². The van der Waals surface area contributed by atoms with Crippen molar-refractivity contribution < 1.29 is 13.2 Å². The molecule has 4 rings (SSSR count). The average Bonchev–Trinajstić information content (AvgIpc) is 3.22. The fourth-order valence-corrected chi connectivity index (χ4v) is 4.34. The number of nitrogens with one attached hydrogen (secondary N) is 1. The maximum absolute atomic E-state index is 12.7. The van der Waals surface area contributed by atoms with E-state index >= 15 is 0 Å². The zero-order chi connectivity index (χ0) is 18.9. The summed E-state index contributed by atoms with van der Waals surface area (Å²) in [4.78, 5) is 18.6. The third kappa shape index (κ3) is 3.50. The molecule has 3 aromatic rings. The van der Waals surface area contributed by atoms with Gasteiger partial charge in [0.25, 0.3) is 15.9 Å². The predicted octanol–water partition coefficient (Wildman–Crippen LogP) is 3.27. The molecule has 6 nitrogen and oxygen atoms in total. The number of carbonyl (C=O) groups is 1. The summed E-state index contributed by atoms with van der Waals surface area (Å²) in [5, 5.41) is 0.851. The molecule has 2 aromatic carbocycles. The zero-order valence-corrected chi connectivity index (χ0v) is 15.4. The van der Waals surface area contributed by atoms with Gasteiger partial charge in [0.2, 0.25) is 0 Å². The molecule has 0 radical (unpaired) electrons. The van der Waals surface area contributed by atoms with Gasteiger partial charge in [0.1, 0.15) is 0 Å². The lowest BCUT2D eigenvalue weighted by Gasteiger charge is -2.15. The van der Waals surface area contributed by atoms with E-state index in [-0.39, 0.29) is 10.8 Å². The largest absolute Gasteiger partial charge is 0.339 e. The van der Waals surface area contributed by atoms with Crippen molar-refractivity contribution in [1.29, 1.82) is 0 Å². The number of benzene rings is 2. The molecule has 138 valence electrons. The maximum Gasteiger partial charge on any atom is 0.261 e. The Morgan fingerprint density at radius 2 is 1.67 bits per heavy atom. The minimum atomic E-state index is -3.78. The first kappa shape index (κ1) is 17.5. The summed E-state index contributed by atoms with van der Waals surface area (Å²) >= 11 is 0. The van der Waals surface area contributed by atoms with Crippen LogP contribution in [0.15, 0.2) is 65.7 Å². The molecule has 0 spiro atoms. The van der Waals surface area contributed by atoms with E-state index in [1.165, 1.54) is 12.1 Å². The topological polar surface area (TPSA) is 79.4 Å². The van der Waals surface area contributed by atoms with Crippen molar-refractivity contribution in [2.75, 3.05) is 17.8 Å². The third-order valence-corrected chi connectivity index (χ3v) is 6.06. The second-order valence-electron chi connectivity index (χ2n) is 6.51. The van der Waals surface area contributed by atoms with Crippen molar-refractivity contribution in [3.8, 4) is 0 Å². The Morgan fingerprint density at radius 1 is 0.963 bits per heavy atom. The Hall–Kier alpha value is -2.93. The van der Waals surface area contributed by atoms with E-state index in [2.05, 4.69) is 9.71 Å². The van der Waals surface area contributed by atoms with Crippen LogP contribution in [-0.4, -0.2) is 37.3 Å². The smallest absolute Gasteiger partial charge is 0.261 e. The Balaban J connectivity index is 1.59. The number of aromatic nitrogens is 1. The fraction of sp³-hybridized carbons (Fsp3) is 0.200. The maximum atomic E-state index is 12.7. The Morgan fingerprint density at radius 3 is 2.41 bits per heavy atom. The summed E-state index contributed by atoms with van der Waals surface area (Å²) in [6.07, 6.45) is 3.65. The van der Waals surface area contributed by atoms with Crippen LogP contribution >= 0.6 is 0 Å². The van der Waals surface area contributed by atoms with Crippen LogP contribution in [0.1, 0.15) is 23.2 Å². The molecule has 1 N–H and O–H groups in total. The SMILES string of the molecule is O=C(c1ccc(S(=O)(=O)Nc2cccc3cccnc23)cc1)N1CCCC1. The molecule has 0 atom stereocenters. The van der Waals surface area contributed by atoms with Crippen LogP contribution in [0.4, 0.5) is 5.69 Å². The van der Waals surface area contributed by atoms with Gasteiger partial charge in [0.15, 0.2) is 0 Å². The average molecular weight is 381 g/mol. The van der Waals surface area contributed by atoms with Gasteiger partial charge in [-0.05, 0) is 49.2 Å². The lowest BCUT2D eigenvalue weighted by atomic mass is 10.2. The molecule has 1 aliphatic rings. The number of nitrogens with zero attached hydrogens (tertiary/aromatic N) is 2. The van der Waals surface area contributed by atoms with Crippen molar-refractivity contribution >= 4 is 32.5 Å². The van der Waals surface area contributed by atoms with Crippen molar-refractivity contribution in [2.24, 2.45) is 0 Å². The van der Waals surface area contributed by atoms with Crippen molar-refractivity contribution in [3.63, 3.8) is 0 Å². The first-order valence-corrected chi connectivity index (χ1v) is 10.3. The number of hydrogen-bond donors (Lipinski definition) is 1. The number of para-hydroxylation sites is 1. The van der Waals surface area contributed by atoms with E-state index in [1.807, 2.05) is 12.1 Å². The summed E-state index contributed by atoms with van der Waals surface area (Å²) in [7, 11) is -3.78. The lowest BCUT2D eigenvalue weighted by molar-refractivity contribution is 0.0792. The molecular formula is C20H19N3O3S. The van der Waals surface area contributed by atoms with Gasteiger partial charge in [-0.2, -0.15) is 0 Å². The molecule has 2 heterocycles. The molecule has 0 bridgehead atoms. The molecular weight excluding hydrogens is 362 g/mol. The lowest BCUT2D eigenvalue weighted by Crippen LogP contribution is -2.27. The van der Waals surface area contributed by atoms with E-state index in [0.717, 1.165) is 31.3 Å². The molecule has 7 heteroatoms. The first-order valence-electron chi connectivity index (χ1n) is 8.80. The van der Waals surface area contributed by atoms with Crippen LogP contribution in [0.2, 0.25) is 0 Å². The highest BCUT2D eigenvalue weighted by atomic mass is 32.2. The summed E-state index contributed by atoms with van der Waals surface area (Å²) in [6.45, 7) is 1.52. The molecule has 0 aliphatic carbocycles. The molecule has 0 saturated carbocycles. The number of fused-ring (bicyclic) bond motifs is 1. The highest BCUT2D eigenvalue weighted by Gasteiger charge is 2.21. The Kier molecular flexibility index (Phi) is 4.53. The Labute approximate surface area is 157 Å². The number of anilines is 1. The summed E-state index contributed by atoms with van der Waals surface area (Å²) < 4.78 is 28.1. The third-order valence-electron chi connectivity index (χ3n) is 4.68. The predicted molar refractivity (Wildman–Crippen MR) is 104 cm³/mol. The second kappa shape index (κ2) is 7.00. The number of pyridine rings is 1. The first-order chi connectivity index (χ1) is 13.0. The van der Waals surface area contributed by atoms with Crippen LogP contribution in [0.5, 0.6) is 0 Å². The summed E-state index contributed by atoms with van der Waals surface area (Å²) in [5.74, 6) is -0.0531. The molecule has 1 amide bonds.